The van der Waals surface area contributed by atoms with Crippen LogP contribution in [0, 0.1) is 0 Å². The van der Waals surface area contributed by atoms with Crippen LogP contribution in [-0.2, 0) is 4.84 Å². The number of rotatable bonds is 5. The summed E-state index contributed by atoms with van der Waals surface area (Å²) in [6.45, 7) is 0. The zero-order valence-corrected chi connectivity index (χ0v) is 14.8. The van der Waals surface area contributed by atoms with Gasteiger partial charge in [-0.15, -0.1) is 0 Å². The summed E-state index contributed by atoms with van der Waals surface area (Å²) < 4.78 is 11.5. The lowest BCUT2D eigenvalue weighted by Crippen LogP contribution is -2.07. The Bertz CT molecular complexity index is 982. The molecule has 0 radical (unpaired) electrons. The van der Waals surface area contributed by atoms with Crippen molar-refractivity contribution in [2.75, 3.05) is 0 Å². The summed E-state index contributed by atoms with van der Waals surface area (Å²) in [6, 6.07) is 23.4. The highest BCUT2D eigenvalue weighted by Gasteiger charge is 2.24. The molecule has 6 nitrogen and oxygen atoms in total. The first-order valence-electron chi connectivity index (χ1n) is 8.74. The Balaban J connectivity index is 1.35. The van der Waals surface area contributed by atoms with Crippen LogP contribution in [0.1, 0.15) is 28.4 Å². The maximum Gasteiger partial charge on any atom is 0.335 e. The van der Waals surface area contributed by atoms with Gasteiger partial charge in [-0.3, -0.25) is 0 Å². The van der Waals surface area contributed by atoms with Crippen molar-refractivity contribution in [1.82, 2.24) is 0 Å². The van der Waals surface area contributed by atoms with Gasteiger partial charge >= 0.3 is 5.97 Å². The predicted octanol–water partition coefficient (Wildman–Crippen LogP) is 5.03. The highest BCUT2D eigenvalue weighted by molar-refractivity contribution is 5.88. The molecule has 0 unspecified atom stereocenters. The lowest BCUT2D eigenvalue weighted by atomic mass is 10.1. The van der Waals surface area contributed by atoms with E-state index in [1.165, 1.54) is 12.1 Å². The van der Waals surface area contributed by atoms with E-state index in [4.69, 9.17) is 19.4 Å². The van der Waals surface area contributed by atoms with Crippen molar-refractivity contribution < 1.29 is 24.2 Å². The Kier molecular flexibility index (Phi) is 4.93. The second kappa shape index (κ2) is 7.84. The predicted molar refractivity (Wildman–Crippen MR) is 103 cm³/mol. The van der Waals surface area contributed by atoms with Crippen LogP contribution in [0.15, 0.2) is 84.0 Å². The summed E-state index contributed by atoms with van der Waals surface area (Å²) in [5.41, 5.74) is 1.16. The zero-order valence-electron chi connectivity index (χ0n) is 14.8. The van der Waals surface area contributed by atoms with Gasteiger partial charge in [0.25, 0.3) is 0 Å². The van der Waals surface area contributed by atoms with E-state index >= 15 is 0 Å². The third kappa shape index (κ3) is 4.12. The standard InChI is InChI=1S/C22H17NO5/c24-22(25)16-8-12-19(13-9-16)27-21-14-20(28-23-21)15-6-10-18(11-7-15)26-17-4-2-1-3-5-17/h1-13,20H,14H2,(H,24,25)/t20-/m1/s1. The van der Waals surface area contributed by atoms with E-state index in [1.807, 2.05) is 54.6 Å². The quantitative estimate of drug-likeness (QED) is 0.677. The third-order valence-electron chi connectivity index (χ3n) is 4.21. The van der Waals surface area contributed by atoms with E-state index in [-0.39, 0.29) is 11.7 Å². The Morgan fingerprint density at radius 2 is 1.46 bits per heavy atom. The summed E-state index contributed by atoms with van der Waals surface area (Å²) in [4.78, 5) is 16.4. The minimum absolute atomic E-state index is 0.202. The Labute approximate surface area is 161 Å². The number of ether oxygens (including phenoxy) is 2. The maximum atomic E-state index is 10.9. The van der Waals surface area contributed by atoms with Gasteiger partial charge in [0.15, 0.2) is 6.10 Å². The second-order valence-corrected chi connectivity index (χ2v) is 6.20. The minimum Gasteiger partial charge on any atom is -0.478 e. The molecule has 28 heavy (non-hydrogen) atoms. The average Bonchev–Trinajstić information content (AvgIpc) is 3.18. The number of hydrogen-bond acceptors (Lipinski definition) is 5. The SMILES string of the molecule is O=C(O)c1ccc(OC2=NO[C@@H](c3ccc(Oc4ccccc4)cc3)C2)cc1. The first kappa shape index (κ1) is 17.6. The lowest BCUT2D eigenvalue weighted by Gasteiger charge is -2.10. The van der Waals surface area contributed by atoms with E-state index in [1.54, 1.807) is 12.1 Å². The van der Waals surface area contributed by atoms with Gasteiger partial charge in [0.1, 0.15) is 17.2 Å². The van der Waals surface area contributed by atoms with Crippen LogP contribution in [0.4, 0.5) is 0 Å². The largest absolute Gasteiger partial charge is 0.478 e. The molecule has 0 aliphatic carbocycles. The topological polar surface area (TPSA) is 77.4 Å². The monoisotopic (exact) mass is 375 g/mol. The summed E-state index contributed by atoms with van der Waals surface area (Å²) >= 11 is 0. The average molecular weight is 375 g/mol. The van der Waals surface area contributed by atoms with Gasteiger partial charge in [0.05, 0.1) is 12.0 Å². The number of nitrogens with zero attached hydrogens (tertiary/aromatic N) is 1. The van der Waals surface area contributed by atoms with Crippen LogP contribution in [-0.4, -0.2) is 17.0 Å². The van der Waals surface area contributed by atoms with Crippen molar-refractivity contribution >= 4 is 11.9 Å². The fourth-order valence-electron chi connectivity index (χ4n) is 2.77. The van der Waals surface area contributed by atoms with Gasteiger partial charge in [-0.1, -0.05) is 35.5 Å². The first-order valence-corrected chi connectivity index (χ1v) is 8.74. The highest BCUT2D eigenvalue weighted by atomic mass is 16.7. The highest BCUT2D eigenvalue weighted by Crippen LogP contribution is 2.30. The molecular weight excluding hydrogens is 358 g/mol. The van der Waals surface area contributed by atoms with Crippen LogP contribution in [0.5, 0.6) is 17.2 Å². The number of aromatic carboxylic acids is 1. The molecule has 1 aliphatic heterocycles. The molecule has 0 spiro atoms. The van der Waals surface area contributed by atoms with E-state index in [9.17, 15) is 4.79 Å². The number of para-hydroxylation sites is 1. The van der Waals surface area contributed by atoms with Crippen molar-refractivity contribution in [2.24, 2.45) is 5.16 Å². The van der Waals surface area contributed by atoms with Crippen LogP contribution >= 0.6 is 0 Å². The van der Waals surface area contributed by atoms with E-state index in [0.29, 0.717) is 18.1 Å². The van der Waals surface area contributed by atoms with E-state index in [0.717, 1.165) is 17.1 Å². The molecule has 1 N–H and O–H groups in total. The van der Waals surface area contributed by atoms with Crippen molar-refractivity contribution in [1.29, 1.82) is 0 Å². The number of benzene rings is 3. The van der Waals surface area contributed by atoms with E-state index < -0.39 is 5.97 Å². The molecular formula is C22H17NO5. The van der Waals surface area contributed by atoms with Gasteiger partial charge in [-0.05, 0) is 54.1 Å². The molecule has 4 rings (SSSR count). The molecule has 0 fully saturated rings. The van der Waals surface area contributed by atoms with Crippen LogP contribution < -0.4 is 9.47 Å². The third-order valence-corrected chi connectivity index (χ3v) is 4.21. The minimum atomic E-state index is -0.979. The van der Waals surface area contributed by atoms with Crippen molar-refractivity contribution in [3.8, 4) is 17.2 Å². The number of carboxylic acid groups (broad SMARTS) is 1. The molecule has 140 valence electrons. The molecule has 3 aromatic carbocycles. The first-order chi connectivity index (χ1) is 13.7. The van der Waals surface area contributed by atoms with Crippen LogP contribution in [0.2, 0.25) is 0 Å². The molecule has 0 saturated carbocycles. The van der Waals surface area contributed by atoms with Gasteiger partial charge in [-0.25, -0.2) is 4.79 Å². The lowest BCUT2D eigenvalue weighted by molar-refractivity contribution is 0.0697. The molecule has 0 aromatic heterocycles. The Morgan fingerprint density at radius 1 is 0.857 bits per heavy atom. The molecule has 1 aliphatic rings. The molecule has 0 amide bonds. The van der Waals surface area contributed by atoms with Gasteiger partial charge in [0, 0.05) is 0 Å². The van der Waals surface area contributed by atoms with Crippen molar-refractivity contribution in [2.45, 2.75) is 12.5 Å². The normalized spacial score (nSPS) is 15.4. The fraction of sp³-hybridized carbons (Fsp3) is 0.0909. The van der Waals surface area contributed by atoms with Crippen molar-refractivity contribution in [3.63, 3.8) is 0 Å². The summed E-state index contributed by atoms with van der Waals surface area (Å²) in [5, 5.41) is 12.9. The molecule has 1 atom stereocenters. The number of carbonyl (C=O) groups is 1. The fourth-order valence-corrected chi connectivity index (χ4v) is 2.77. The number of carboxylic acids is 1. The van der Waals surface area contributed by atoms with E-state index in [2.05, 4.69) is 5.16 Å². The van der Waals surface area contributed by atoms with Crippen molar-refractivity contribution in [3.05, 3.63) is 90.0 Å². The summed E-state index contributed by atoms with van der Waals surface area (Å²) in [5.74, 6) is 1.49. The van der Waals surface area contributed by atoms with Gasteiger partial charge in [0.2, 0.25) is 5.90 Å². The summed E-state index contributed by atoms with van der Waals surface area (Å²) in [6.07, 6.45) is 0.249. The number of oxime groups is 1. The molecule has 0 bridgehead atoms. The zero-order chi connectivity index (χ0) is 19.3. The molecule has 6 heteroatoms. The smallest absolute Gasteiger partial charge is 0.335 e. The summed E-state index contributed by atoms with van der Waals surface area (Å²) in [7, 11) is 0. The second-order valence-electron chi connectivity index (χ2n) is 6.20. The van der Waals surface area contributed by atoms with Gasteiger partial charge < -0.3 is 19.4 Å². The maximum absolute atomic E-state index is 10.9. The van der Waals surface area contributed by atoms with Crippen LogP contribution in [0.25, 0.3) is 0 Å². The number of hydrogen-bond donors (Lipinski definition) is 1. The Hall–Kier alpha value is -3.80. The Morgan fingerprint density at radius 3 is 2.14 bits per heavy atom. The van der Waals surface area contributed by atoms with Crippen LogP contribution in [0.3, 0.4) is 0 Å². The molecule has 1 heterocycles. The molecule has 3 aromatic rings. The molecule has 0 saturated heterocycles. The van der Waals surface area contributed by atoms with Gasteiger partial charge in [-0.2, -0.15) is 0 Å².